The highest BCUT2D eigenvalue weighted by molar-refractivity contribution is 5.26. The number of hydrogen-bond acceptors (Lipinski definition) is 3. The van der Waals surface area contributed by atoms with Crippen LogP contribution in [0.4, 0.5) is 0 Å². The Labute approximate surface area is 171 Å². The molecule has 3 rings (SSSR count). The van der Waals surface area contributed by atoms with E-state index in [1.54, 1.807) is 5.57 Å². The summed E-state index contributed by atoms with van der Waals surface area (Å²) >= 11 is 0. The molecule has 0 aromatic heterocycles. The molecule has 5 atom stereocenters. The van der Waals surface area contributed by atoms with Gasteiger partial charge in [-0.3, -0.25) is 0 Å². The smallest absolute Gasteiger partial charge is 0.0602 e. The first-order chi connectivity index (χ1) is 13.2. The van der Waals surface area contributed by atoms with Crippen LogP contribution >= 0.6 is 0 Å². The second kappa shape index (κ2) is 9.02. The fourth-order valence-electron chi connectivity index (χ4n) is 6.30. The van der Waals surface area contributed by atoms with Crippen molar-refractivity contribution in [1.82, 2.24) is 0 Å². The van der Waals surface area contributed by atoms with Crippen molar-refractivity contribution < 1.29 is 15.3 Å². The van der Waals surface area contributed by atoms with E-state index in [9.17, 15) is 15.3 Å². The second-order valence-corrected chi connectivity index (χ2v) is 10.8. The van der Waals surface area contributed by atoms with Gasteiger partial charge in [0, 0.05) is 0 Å². The topological polar surface area (TPSA) is 60.7 Å². The Kier molecular flexibility index (Phi) is 7.10. The summed E-state index contributed by atoms with van der Waals surface area (Å²) in [5.41, 5.74) is 2.71. The first kappa shape index (κ1) is 22.1. The maximum atomic E-state index is 9.94. The Morgan fingerprint density at radius 2 is 1.79 bits per heavy atom. The third kappa shape index (κ3) is 5.49. The number of fused-ring (bicyclic) bond motifs is 1. The van der Waals surface area contributed by atoms with Crippen molar-refractivity contribution in [1.29, 1.82) is 0 Å². The molecule has 0 heterocycles. The molecule has 0 aromatic carbocycles. The van der Waals surface area contributed by atoms with Gasteiger partial charge in [0.2, 0.25) is 0 Å². The predicted molar refractivity (Wildman–Crippen MR) is 115 cm³/mol. The van der Waals surface area contributed by atoms with E-state index in [-0.39, 0.29) is 12.2 Å². The first-order valence-corrected chi connectivity index (χ1v) is 11.6. The van der Waals surface area contributed by atoms with Gasteiger partial charge in [0.15, 0.2) is 0 Å². The van der Waals surface area contributed by atoms with Gasteiger partial charge >= 0.3 is 0 Å². The normalized spacial score (nSPS) is 37.9. The molecule has 0 aliphatic heterocycles. The standard InChI is InChI=1S/C25H42O3/c1-24(2,28)13-5-4-8-20-11-12-23-19(7-6-14-25(20,23)3)10-9-18-15-21(26)17-22(27)16-18/h9-10,20-23,26-28H,4-8,11-17H2,1-3H3/b19-10+/t20-,21+,22+,23?,25+/m0/s1. The molecule has 3 fully saturated rings. The summed E-state index contributed by atoms with van der Waals surface area (Å²) in [6, 6.07) is 0. The summed E-state index contributed by atoms with van der Waals surface area (Å²) in [5, 5.41) is 29.8. The van der Waals surface area contributed by atoms with Crippen molar-refractivity contribution in [3.63, 3.8) is 0 Å². The largest absolute Gasteiger partial charge is 0.393 e. The van der Waals surface area contributed by atoms with E-state index >= 15 is 0 Å². The fourth-order valence-corrected chi connectivity index (χ4v) is 6.30. The van der Waals surface area contributed by atoms with Gasteiger partial charge in [0.05, 0.1) is 17.8 Å². The van der Waals surface area contributed by atoms with Crippen molar-refractivity contribution in [2.24, 2.45) is 17.3 Å². The molecule has 3 N–H and O–H groups in total. The highest BCUT2D eigenvalue weighted by atomic mass is 16.3. The third-order valence-corrected chi connectivity index (χ3v) is 7.83. The van der Waals surface area contributed by atoms with E-state index in [0.717, 1.165) is 18.8 Å². The maximum absolute atomic E-state index is 9.94. The molecule has 0 saturated heterocycles. The van der Waals surface area contributed by atoms with Crippen molar-refractivity contribution in [2.45, 2.75) is 116 Å². The molecule has 3 saturated carbocycles. The van der Waals surface area contributed by atoms with Gasteiger partial charge in [0.25, 0.3) is 0 Å². The minimum Gasteiger partial charge on any atom is -0.393 e. The van der Waals surface area contributed by atoms with E-state index < -0.39 is 5.60 Å². The molecule has 28 heavy (non-hydrogen) atoms. The Hall–Kier alpha value is -0.640. The summed E-state index contributed by atoms with van der Waals surface area (Å²) in [6.07, 6.45) is 16.8. The Morgan fingerprint density at radius 1 is 1.07 bits per heavy atom. The van der Waals surface area contributed by atoms with E-state index in [4.69, 9.17) is 0 Å². The maximum Gasteiger partial charge on any atom is 0.0602 e. The molecule has 160 valence electrons. The van der Waals surface area contributed by atoms with Crippen LogP contribution in [-0.4, -0.2) is 33.1 Å². The average molecular weight is 391 g/mol. The summed E-state index contributed by atoms with van der Waals surface area (Å²) in [6.45, 7) is 6.35. The SMILES string of the molecule is CC(C)(O)CCCC[C@H]1CCC2/C(=C/C=C3C[C@@H](O)C[C@H](O)C3)CCC[C@@]21C. The monoisotopic (exact) mass is 390 g/mol. The minimum atomic E-state index is -0.531. The van der Waals surface area contributed by atoms with E-state index in [1.165, 1.54) is 50.5 Å². The predicted octanol–water partition coefficient (Wildman–Crippen LogP) is 5.29. The second-order valence-electron chi connectivity index (χ2n) is 10.8. The number of aliphatic hydroxyl groups excluding tert-OH is 2. The molecule has 0 spiro atoms. The number of allylic oxidation sites excluding steroid dienone is 3. The van der Waals surface area contributed by atoms with Crippen LogP contribution in [0, 0.1) is 17.3 Å². The van der Waals surface area contributed by atoms with Gasteiger partial charge in [-0.2, -0.15) is 0 Å². The molecule has 0 bridgehead atoms. The molecule has 0 radical (unpaired) electrons. The molecule has 3 nitrogen and oxygen atoms in total. The molecule has 3 aliphatic rings. The number of hydrogen-bond donors (Lipinski definition) is 3. The molecular formula is C25H42O3. The fraction of sp³-hybridized carbons (Fsp3) is 0.840. The summed E-state index contributed by atoms with van der Waals surface area (Å²) in [7, 11) is 0. The van der Waals surface area contributed by atoms with Gasteiger partial charge in [-0.05, 0) is 95.3 Å². The van der Waals surface area contributed by atoms with Crippen LogP contribution in [0.25, 0.3) is 0 Å². The van der Waals surface area contributed by atoms with Crippen molar-refractivity contribution in [3.05, 3.63) is 23.3 Å². The molecule has 0 amide bonds. The van der Waals surface area contributed by atoms with Crippen LogP contribution in [0.1, 0.15) is 97.8 Å². The Morgan fingerprint density at radius 3 is 2.46 bits per heavy atom. The number of unbranched alkanes of at least 4 members (excludes halogenated alkanes) is 1. The van der Waals surface area contributed by atoms with Crippen molar-refractivity contribution >= 4 is 0 Å². The van der Waals surface area contributed by atoms with Crippen LogP contribution in [-0.2, 0) is 0 Å². The minimum absolute atomic E-state index is 0.384. The molecule has 3 heteroatoms. The third-order valence-electron chi connectivity index (χ3n) is 7.83. The quantitative estimate of drug-likeness (QED) is 0.540. The Balaban J connectivity index is 1.61. The molecule has 3 aliphatic carbocycles. The van der Waals surface area contributed by atoms with Crippen molar-refractivity contribution in [2.75, 3.05) is 0 Å². The highest BCUT2D eigenvalue weighted by Gasteiger charge is 2.48. The lowest BCUT2D eigenvalue weighted by Crippen LogP contribution is -2.33. The van der Waals surface area contributed by atoms with Gasteiger partial charge in [-0.1, -0.05) is 43.1 Å². The highest BCUT2D eigenvalue weighted by Crippen LogP contribution is 2.58. The van der Waals surface area contributed by atoms with Crippen LogP contribution in [0.5, 0.6) is 0 Å². The van der Waals surface area contributed by atoms with Gasteiger partial charge < -0.3 is 15.3 Å². The van der Waals surface area contributed by atoms with E-state index in [2.05, 4.69) is 19.1 Å². The van der Waals surface area contributed by atoms with Gasteiger partial charge in [0.1, 0.15) is 0 Å². The van der Waals surface area contributed by atoms with E-state index in [1.807, 2.05) is 13.8 Å². The van der Waals surface area contributed by atoms with Crippen LogP contribution < -0.4 is 0 Å². The summed E-state index contributed by atoms with van der Waals surface area (Å²) < 4.78 is 0. The van der Waals surface area contributed by atoms with E-state index in [0.29, 0.717) is 30.6 Å². The lowest BCUT2D eigenvalue weighted by molar-refractivity contribution is 0.0608. The van der Waals surface area contributed by atoms with Gasteiger partial charge in [-0.25, -0.2) is 0 Å². The Bertz CT molecular complexity index is 573. The van der Waals surface area contributed by atoms with Crippen molar-refractivity contribution in [3.8, 4) is 0 Å². The zero-order valence-electron chi connectivity index (χ0n) is 18.3. The summed E-state index contributed by atoms with van der Waals surface area (Å²) in [5.74, 6) is 1.52. The summed E-state index contributed by atoms with van der Waals surface area (Å²) in [4.78, 5) is 0. The number of aliphatic hydroxyl groups is 3. The van der Waals surface area contributed by atoms with Crippen LogP contribution in [0.2, 0.25) is 0 Å². The number of rotatable bonds is 6. The lowest BCUT2D eigenvalue weighted by Gasteiger charge is -2.42. The first-order valence-electron chi connectivity index (χ1n) is 11.6. The lowest BCUT2D eigenvalue weighted by atomic mass is 9.62. The molecular weight excluding hydrogens is 348 g/mol. The molecule has 0 aromatic rings. The zero-order chi connectivity index (χ0) is 20.4. The van der Waals surface area contributed by atoms with Gasteiger partial charge in [-0.15, -0.1) is 0 Å². The average Bonchev–Trinajstić information content (AvgIpc) is 2.92. The zero-order valence-corrected chi connectivity index (χ0v) is 18.3. The van der Waals surface area contributed by atoms with Crippen LogP contribution in [0.3, 0.4) is 0 Å². The van der Waals surface area contributed by atoms with Crippen LogP contribution in [0.15, 0.2) is 23.3 Å². The molecule has 1 unspecified atom stereocenters.